The normalized spacial score (nSPS) is 12.3. The summed E-state index contributed by atoms with van der Waals surface area (Å²) in [5.41, 5.74) is 1.48. The van der Waals surface area contributed by atoms with E-state index in [1.807, 2.05) is 12.3 Å². The van der Waals surface area contributed by atoms with Gasteiger partial charge in [-0.3, -0.25) is 0 Å². The summed E-state index contributed by atoms with van der Waals surface area (Å²) in [5, 5.41) is 5.87. The Bertz CT molecular complexity index is 637. The average Bonchev–Trinajstić information content (AvgIpc) is 2.95. The molecule has 8 heteroatoms. The number of hydrogen-bond acceptors (Lipinski definition) is 6. The van der Waals surface area contributed by atoms with Gasteiger partial charge in [-0.25, -0.2) is 4.98 Å². The first-order valence-electron chi connectivity index (χ1n) is 6.87. The number of nitrogens with one attached hydrogen (secondary N) is 1. The topological polar surface area (TPSA) is 52.6 Å². The predicted molar refractivity (Wildman–Crippen MR) is 85.7 cm³/mol. The minimum absolute atomic E-state index is 0.00598. The molecule has 0 aliphatic heterocycles. The van der Waals surface area contributed by atoms with Crippen LogP contribution in [-0.4, -0.2) is 38.5 Å². The zero-order valence-corrected chi connectivity index (χ0v) is 13.8. The molecule has 0 bridgehead atoms. The van der Waals surface area contributed by atoms with E-state index in [0.717, 1.165) is 16.4 Å². The second-order valence-corrected chi connectivity index (χ2v) is 5.64. The molecule has 126 valence electrons. The van der Waals surface area contributed by atoms with Crippen molar-refractivity contribution in [2.75, 3.05) is 26.1 Å². The molecule has 0 saturated carbocycles. The van der Waals surface area contributed by atoms with Gasteiger partial charge in [-0.05, 0) is 25.1 Å². The SMILES string of the molecule is COC[C@H](C)Nc1nc(-c2ccc(OC(F)F)c(OC)c2)cs1. The van der Waals surface area contributed by atoms with Gasteiger partial charge in [-0.1, -0.05) is 0 Å². The molecule has 2 aromatic rings. The molecule has 0 fully saturated rings. The summed E-state index contributed by atoms with van der Waals surface area (Å²) in [6, 6.07) is 4.86. The number of ether oxygens (including phenoxy) is 3. The number of halogens is 2. The molecule has 1 aromatic heterocycles. The van der Waals surface area contributed by atoms with Crippen LogP contribution in [0, 0.1) is 0 Å². The van der Waals surface area contributed by atoms with Crippen molar-refractivity contribution in [1.29, 1.82) is 0 Å². The van der Waals surface area contributed by atoms with Gasteiger partial charge in [0.1, 0.15) is 0 Å². The molecule has 0 saturated heterocycles. The molecule has 1 heterocycles. The number of rotatable bonds is 8. The summed E-state index contributed by atoms with van der Waals surface area (Å²) in [4.78, 5) is 4.48. The van der Waals surface area contributed by atoms with E-state index >= 15 is 0 Å². The molecular weight excluding hydrogens is 326 g/mol. The Balaban J connectivity index is 2.17. The second-order valence-electron chi connectivity index (χ2n) is 4.78. The Labute approximate surface area is 137 Å². The summed E-state index contributed by atoms with van der Waals surface area (Å²) in [7, 11) is 3.04. The number of benzene rings is 1. The molecule has 0 amide bonds. The molecule has 0 radical (unpaired) electrons. The monoisotopic (exact) mass is 344 g/mol. The van der Waals surface area contributed by atoms with Gasteiger partial charge in [0.2, 0.25) is 0 Å². The smallest absolute Gasteiger partial charge is 0.387 e. The maximum atomic E-state index is 12.3. The van der Waals surface area contributed by atoms with E-state index < -0.39 is 6.61 Å². The first-order valence-corrected chi connectivity index (χ1v) is 7.75. The van der Waals surface area contributed by atoms with Crippen molar-refractivity contribution in [2.45, 2.75) is 19.6 Å². The van der Waals surface area contributed by atoms with Gasteiger partial charge < -0.3 is 19.5 Å². The van der Waals surface area contributed by atoms with E-state index in [1.54, 1.807) is 19.2 Å². The minimum Gasteiger partial charge on any atom is -0.493 e. The van der Waals surface area contributed by atoms with Crippen LogP contribution in [0.2, 0.25) is 0 Å². The molecule has 2 rings (SSSR count). The Morgan fingerprint density at radius 3 is 2.70 bits per heavy atom. The van der Waals surface area contributed by atoms with Crippen LogP contribution >= 0.6 is 11.3 Å². The van der Waals surface area contributed by atoms with Gasteiger partial charge in [0, 0.05) is 24.1 Å². The van der Waals surface area contributed by atoms with Gasteiger partial charge >= 0.3 is 6.61 Å². The van der Waals surface area contributed by atoms with E-state index in [1.165, 1.54) is 24.5 Å². The van der Waals surface area contributed by atoms with Crippen LogP contribution < -0.4 is 14.8 Å². The Morgan fingerprint density at radius 2 is 2.04 bits per heavy atom. The second kappa shape index (κ2) is 8.07. The highest BCUT2D eigenvalue weighted by atomic mass is 32.1. The highest BCUT2D eigenvalue weighted by molar-refractivity contribution is 7.14. The number of anilines is 1. The molecule has 5 nitrogen and oxygen atoms in total. The molecule has 0 aliphatic rings. The van der Waals surface area contributed by atoms with Crippen molar-refractivity contribution >= 4 is 16.5 Å². The van der Waals surface area contributed by atoms with Crippen molar-refractivity contribution in [2.24, 2.45) is 0 Å². The molecule has 23 heavy (non-hydrogen) atoms. The van der Waals surface area contributed by atoms with Gasteiger partial charge in [0.25, 0.3) is 0 Å². The maximum Gasteiger partial charge on any atom is 0.387 e. The van der Waals surface area contributed by atoms with Crippen molar-refractivity contribution in [1.82, 2.24) is 4.98 Å². The van der Waals surface area contributed by atoms with Crippen LogP contribution in [-0.2, 0) is 4.74 Å². The minimum atomic E-state index is -2.90. The predicted octanol–water partition coefficient (Wildman–Crippen LogP) is 3.87. The van der Waals surface area contributed by atoms with E-state index in [4.69, 9.17) is 9.47 Å². The molecule has 1 atom stereocenters. The molecular formula is C15H18F2N2O3S. The Kier molecular flexibility index (Phi) is 6.12. The largest absolute Gasteiger partial charge is 0.493 e. The van der Waals surface area contributed by atoms with Crippen molar-refractivity contribution < 1.29 is 23.0 Å². The van der Waals surface area contributed by atoms with E-state index in [0.29, 0.717) is 6.61 Å². The summed E-state index contributed by atoms with van der Waals surface area (Å²) in [5.74, 6) is 0.228. The number of hydrogen-bond donors (Lipinski definition) is 1. The van der Waals surface area contributed by atoms with Crippen molar-refractivity contribution in [3.63, 3.8) is 0 Å². The fraction of sp³-hybridized carbons (Fsp3) is 0.400. The Hall–Kier alpha value is -1.93. The van der Waals surface area contributed by atoms with E-state index in [2.05, 4.69) is 15.0 Å². The third-order valence-electron chi connectivity index (χ3n) is 2.97. The van der Waals surface area contributed by atoms with Crippen LogP contribution in [0.15, 0.2) is 23.6 Å². The number of alkyl halides is 2. The van der Waals surface area contributed by atoms with Gasteiger partial charge in [-0.2, -0.15) is 8.78 Å². The number of aromatic nitrogens is 1. The fourth-order valence-corrected chi connectivity index (χ4v) is 2.83. The number of methoxy groups -OCH3 is 2. The van der Waals surface area contributed by atoms with Crippen LogP contribution in [0.5, 0.6) is 11.5 Å². The van der Waals surface area contributed by atoms with Crippen molar-refractivity contribution in [3.05, 3.63) is 23.6 Å². The fourth-order valence-electron chi connectivity index (χ4n) is 2.00. The van der Waals surface area contributed by atoms with Gasteiger partial charge in [0.05, 0.1) is 19.4 Å². The lowest BCUT2D eigenvalue weighted by Gasteiger charge is -2.11. The highest BCUT2D eigenvalue weighted by Crippen LogP contribution is 2.34. The van der Waals surface area contributed by atoms with E-state index in [9.17, 15) is 8.78 Å². The zero-order chi connectivity index (χ0) is 16.8. The van der Waals surface area contributed by atoms with E-state index in [-0.39, 0.29) is 17.5 Å². The standard InChI is InChI=1S/C15H18F2N2O3S/c1-9(7-20-2)18-15-19-11(8-23-15)10-4-5-12(22-14(16)17)13(6-10)21-3/h4-6,8-9,14H,7H2,1-3H3,(H,18,19)/t9-/m0/s1. The van der Waals surface area contributed by atoms with Crippen molar-refractivity contribution in [3.8, 4) is 22.8 Å². The van der Waals surface area contributed by atoms with Crippen LogP contribution in [0.3, 0.4) is 0 Å². The molecule has 1 aromatic carbocycles. The molecule has 0 aliphatic carbocycles. The highest BCUT2D eigenvalue weighted by Gasteiger charge is 2.13. The van der Waals surface area contributed by atoms with Crippen LogP contribution in [0.1, 0.15) is 6.92 Å². The zero-order valence-electron chi connectivity index (χ0n) is 13.0. The summed E-state index contributed by atoms with van der Waals surface area (Å²) in [6.45, 7) is -0.334. The van der Waals surface area contributed by atoms with Gasteiger partial charge in [0.15, 0.2) is 16.6 Å². The summed E-state index contributed by atoms with van der Waals surface area (Å²) < 4.78 is 39.3. The third-order valence-corrected chi connectivity index (χ3v) is 3.74. The van der Waals surface area contributed by atoms with Gasteiger partial charge in [-0.15, -0.1) is 11.3 Å². The quantitative estimate of drug-likeness (QED) is 0.788. The molecule has 1 N–H and O–H groups in total. The lowest BCUT2D eigenvalue weighted by atomic mass is 10.1. The molecule has 0 unspecified atom stereocenters. The average molecular weight is 344 g/mol. The lowest BCUT2D eigenvalue weighted by molar-refractivity contribution is -0.0512. The maximum absolute atomic E-state index is 12.3. The first-order chi connectivity index (χ1) is 11.0. The molecule has 0 spiro atoms. The number of thiazole rings is 1. The lowest BCUT2D eigenvalue weighted by Crippen LogP contribution is -2.20. The summed E-state index contributed by atoms with van der Waals surface area (Å²) in [6.07, 6.45) is 0. The number of nitrogens with zero attached hydrogens (tertiary/aromatic N) is 1. The van der Waals surface area contributed by atoms with Crippen LogP contribution in [0.25, 0.3) is 11.3 Å². The first kappa shape index (κ1) is 17.4. The van der Waals surface area contributed by atoms with Crippen LogP contribution in [0.4, 0.5) is 13.9 Å². The Morgan fingerprint density at radius 1 is 1.26 bits per heavy atom. The third kappa shape index (κ3) is 4.77. The summed E-state index contributed by atoms with van der Waals surface area (Å²) >= 11 is 1.46.